The highest BCUT2D eigenvalue weighted by molar-refractivity contribution is 5.69. The summed E-state index contributed by atoms with van der Waals surface area (Å²) < 4.78 is 39.7. The van der Waals surface area contributed by atoms with Crippen molar-refractivity contribution < 1.29 is 28.4 Å². The van der Waals surface area contributed by atoms with Gasteiger partial charge in [0.1, 0.15) is 6.42 Å². The highest BCUT2D eigenvalue weighted by Gasteiger charge is 2.41. The lowest BCUT2D eigenvalue weighted by Crippen LogP contribution is -2.68. The van der Waals surface area contributed by atoms with E-state index in [1.807, 2.05) is 0 Å². The Morgan fingerprint density at radius 1 is 1.58 bits per heavy atom. The minimum Gasteiger partial charge on any atom is -0.466 e. The van der Waals surface area contributed by atoms with Crippen LogP contribution in [0.3, 0.4) is 0 Å². The normalized spacial score (nSPS) is 14.1. The van der Waals surface area contributed by atoms with Crippen molar-refractivity contribution in [1.82, 2.24) is 0 Å². The van der Waals surface area contributed by atoms with E-state index in [2.05, 4.69) is 10.5 Å². The summed E-state index contributed by atoms with van der Waals surface area (Å²) in [5.74, 6) is -0.866. The minimum atomic E-state index is -4.42. The molecular formula is C6H11F3NO2+. The molecule has 0 aliphatic carbocycles. The van der Waals surface area contributed by atoms with Crippen molar-refractivity contribution in [2.45, 2.75) is 25.6 Å². The summed E-state index contributed by atoms with van der Waals surface area (Å²) in [5, 5.41) is 0. The van der Waals surface area contributed by atoms with Crippen LogP contribution in [-0.4, -0.2) is 24.8 Å². The second-order valence-electron chi connectivity index (χ2n) is 2.25. The monoisotopic (exact) mass is 186 g/mol. The molecule has 0 fully saturated rings. The maximum Gasteiger partial charge on any atom is 0.441 e. The summed E-state index contributed by atoms with van der Waals surface area (Å²) in [6.07, 6.45) is -5.13. The van der Waals surface area contributed by atoms with Gasteiger partial charge in [-0.2, -0.15) is 13.2 Å². The average Bonchev–Trinajstić information content (AvgIpc) is 1.85. The van der Waals surface area contributed by atoms with Crippen molar-refractivity contribution in [3.63, 3.8) is 0 Å². The van der Waals surface area contributed by atoms with Gasteiger partial charge in [-0.3, -0.25) is 4.79 Å². The Balaban J connectivity index is 3.84. The molecule has 0 saturated carbocycles. The predicted molar refractivity (Wildman–Crippen MR) is 34.0 cm³/mol. The third-order valence-electron chi connectivity index (χ3n) is 1.18. The highest BCUT2D eigenvalue weighted by Crippen LogP contribution is 2.19. The molecule has 3 nitrogen and oxygen atoms in total. The van der Waals surface area contributed by atoms with Gasteiger partial charge in [-0.05, 0) is 6.92 Å². The number of carbonyl (C=O) groups is 1. The Morgan fingerprint density at radius 3 is 2.42 bits per heavy atom. The van der Waals surface area contributed by atoms with Crippen LogP contribution < -0.4 is 5.73 Å². The number of alkyl halides is 3. The van der Waals surface area contributed by atoms with E-state index in [-0.39, 0.29) is 6.61 Å². The molecule has 0 rings (SSSR count). The van der Waals surface area contributed by atoms with E-state index in [9.17, 15) is 18.0 Å². The van der Waals surface area contributed by atoms with Gasteiger partial charge in [0.15, 0.2) is 6.04 Å². The molecule has 0 saturated heterocycles. The Bertz CT molecular complexity index is 157. The van der Waals surface area contributed by atoms with Gasteiger partial charge in [-0.15, -0.1) is 0 Å². The lowest BCUT2D eigenvalue weighted by atomic mass is 10.2. The van der Waals surface area contributed by atoms with Crippen molar-refractivity contribution in [2.24, 2.45) is 0 Å². The minimum absolute atomic E-state index is 0.0867. The first kappa shape index (κ1) is 11.2. The van der Waals surface area contributed by atoms with Gasteiger partial charge >= 0.3 is 12.1 Å². The summed E-state index contributed by atoms with van der Waals surface area (Å²) >= 11 is 0. The summed E-state index contributed by atoms with van der Waals surface area (Å²) in [5.41, 5.74) is 2.81. The number of hydrogen-bond donors (Lipinski definition) is 1. The zero-order valence-corrected chi connectivity index (χ0v) is 6.65. The van der Waals surface area contributed by atoms with Crippen LogP contribution in [0.2, 0.25) is 0 Å². The second-order valence-corrected chi connectivity index (χ2v) is 2.25. The fraction of sp³-hybridized carbons (Fsp3) is 0.833. The van der Waals surface area contributed by atoms with Gasteiger partial charge in [-0.1, -0.05) is 0 Å². The zero-order valence-electron chi connectivity index (χ0n) is 6.65. The van der Waals surface area contributed by atoms with Crippen molar-refractivity contribution in [2.75, 3.05) is 6.61 Å². The van der Waals surface area contributed by atoms with Gasteiger partial charge in [0.05, 0.1) is 6.61 Å². The molecule has 0 aliphatic rings. The van der Waals surface area contributed by atoms with Gasteiger partial charge in [0, 0.05) is 0 Å². The van der Waals surface area contributed by atoms with Crippen LogP contribution in [0.25, 0.3) is 0 Å². The topological polar surface area (TPSA) is 53.9 Å². The predicted octanol–water partition coefficient (Wildman–Crippen LogP) is 0.112. The number of hydrogen-bond acceptors (Lipinski definition) is 2. The lowest BCUT2D eigenvalue weighted by Gasteiger charge is -2.10. The molecule has 3 N–H and O–H groups in total. The molecule has 0 spiro atoms. The van der Waals surface area contributed by atoms with E-state index in [0.29, 0.717) is 0 Å². The number of carbonyl (C=O) groups excluding carboxylic acids is 1. The second kappa shape index (κ2) is 4.30. The van der Waals surface area contributed by atoms with Gasteiger partial charge in [0.2, 0.25) is 0 Å². The Morgan fingerprint density at radius 2 is 2.08 bits per heavy atom. The van der Waals surface area contributed by atoms with Gasteiger partial charge in [-0.25, -0.2) is 0 Å². The van der Waals surface area contributed by atoms with Crippen molar-refractivity contribution in [3.05, 3.63) is 0 Å². The molecule has 6 heteroatoms. The van der Waals surface area contributed by atoms with Crippen LogP contribution in [-0.2, 0) is 9.53 Å². The Labute approximate surface area is 67.7 Å². The molecule has 72 valence electrons. The molecule has 0 aromatic heterocycles. The first-order valence-corrected chi connectivity index (χ1v) is 3.43. The molecular weight excluding hydrogens is 175 g/mol. The van der Waals surface area contributed by atoms with Crippen LogP contribution in [0.4, 0.5) is 13.2 Å². The zero-order chi connectivity index (χ0) is 9.78. The number of quaternary nitrogens is 1. The largest absolute Gasteiger partial charge is 0.466 e. The number of halogens is 3. The van der Waals surface area contributed by atoms with E-state index in [1.165, 1.54) is 6.92 Å². The van der Waals surface area contributed by atoms with Crippen LogP contribution in [0, 0.1) is 0 Å². The summed E-state index contributed by atoms with van der Waals surface area (Å²) in [7, 11) is 0. The van der Waals surface area contributed by atoms with E-state index < -0.39 is 24.6 Å². The third-order valence-corrected chi connectivity index (χ3v) is 1.18. The molecule has 0 heterocycles. The SMILES string of the molecule is CCOC(=O)C[C@H]([NH3+])C(F)(F)F. The van der Waals surface area contributed by atoms with Crippen LogP contribution in [0.15, 0.2) is 0 Å². The maximum absolute atomic E-state index is 11.8. The van der Waals surface area contributed by atoms with E-state index >= 15 is 0 Å². The molecule has 0 aromatic rings. The molecule has 0 aromatic carbocycles. The average molecular weight is 186 g/mol. The first-order valence-electron chi connectivity index (χ1n) is 3.43. The van der Waals surface area contributed by atoms with Crippen LogP contribution >= 0.6 is 0 Å². The van der Waals surface area contributed by atoms with E-state index in [4.69, 9.17) is 0 Å². The highest BCUT2D eigenvalue weighted by atomic mass is 19.4. The van der Waals surface area contributed by atoms with E-state index in [1.54, 1.807) is 0 Å². The summed E-state index contributed by atoms with van der Waals surface area (Å²) in [6, 6.07) is -1.88. The molecule has 0 bridgehead atoms. The number of esters is 1. The number of rotatable bonds is 3. The molecule has 1 atom stereocenters. The van der Waals surface area contributed by atoms with Crippen molar-refractivity contribution >= 4 is 5.97 Å². The van der Waals surface area contributed by atoms with Crippen molar-refractivity contribution in [3.8, 4) is 0 Å². The fourth-order valence-corrected chi connectivity index (χ4v) is 0.537. The summed E-state index contributed by atoms with van der Waals surface area (Å²) in [6.45, 7) is 1.62. The fourth-order valence-electron chi connectivity index (χ4n) is 0.537. The quantitative estimate of drug-likeness (QED) is 0.636. The molecule has 0 radical (unpaired) electrons. The van der Waals surface area contributed by atoms with E-state index in [0.717, 1.165) is 0 Å². The molecule has 0 amide bonds. The standard InChI is InChI=1S/C6H10F3NO2/c1-2-12-5(11)3-4(10)6(7,8)9/h4H,2-3,10H2,1H3/p+1/t4-/m0/s1. The van der Waals surface area contributed by atoms with Gasteiger partial charge < -0.3 is 10.5 Å². The Hall–Kier alpha value is -0.780. The first-order chi connectivity index (χ1) is 5.38. The maximum atomic E-state index is 11.8. The summed E-state index contributed by atoms with van der Waals surface area (Å²) in [4.78, 5) is 10.5. The Kier molecular flexibility index (Phi) is 4.02. The molecule has 12 heavy (non-hydrogen) atoms. The van der Waals surface area contributed by atoms with Gasteiger partial charge in [0.25, 0.3) is 0 Å². The number of ether oxygens (including phenoxy) is 1. The molecule has 0 unspecified atom stereocenters. The lowest BCUT2D eigenvalue weighted by molar-refractivity contribution is -0.479. The van der Waals surface area contributed by atoms with Crippen LogP contribution in [0.1, 0.15) is 13.3 Å². The smallest absolute Gasteiger partial charge is 0.441 e. The van der Waals surface area contributed by atoms with Crippen LogP contribution in [0.5, 0.6) is 0 Å². The van der Waals surface area contributed by atoms with Crippen molar-refractivity contribution in [1.29, 1.82) is 0 Å². The molecule has 0 aliphatic heterocycles. The third kappa shape index (κ3) is 4.17.